The molecule has 0 radical (unpaired) electrons. The molecule has 1 saturated heterocycles. The van der Waals surface area contributed by atoms with Crippen LogP contribution in [0.15, 0.2) is 6.20 Å². The van der Waals surface area contributed by atoms with Crippen LogP contribution in [0.3, 0.4) is 0 Å². The highest BCUT2D eigenvalue weighted by molar-refractivity contribution is 5.78. The van der Waals surface area contributed by atoms with Gasteiger partial charge < -0.3 is 14.6 Å². The molecule has 132 valence electrons. The van der Waals surface area contributed by atoms with Crippen LogP contribution in [0.2, 0.25) is 0 Å². The minimum atomic E-state index is 0.103. The van der Waals surface area contributed by atoms with Crippen molar-refractivity contribution in [3.8, 4) is 0 Å². The zero-order valence-corrected chi connectivity index (χ0v) is 14.5. The molecule has 2 fully saturated rings. The van der Waals surface area contributed by atoms with E-state index in [-0.39, 0.29) is 5.91 Å². The average Bonchev–Trinajstić information content (AvgIpc) is 3.33. The van der Waals surface area contributed by atoms with E-state index in [0.29, 0.717) is 18.5 Å². The second-order valence-electron chi connectivity index (χ2n) is 7.47. The predicted molar refractivity (Wildman–Crippen MR) is 90.6 cm³/mol. The van der Waals surface area contributed by atoms with Gasteiger partial charge in [0.1, 0.15) is 5.82 Å². The van der Waals surface area contributed by atoms with Crippen LogP contribution < -0.4 is 5.32 Å². The van der Waals surface area contributed by atoms with Gasteiger partial charge >= 0.3 is 0 Å². The second-order valence-corrected chi connectivity index (χ2v) is 7.47. The Labute approximate surface area is 143 Å². The fourth-order valence-corrected chi connectivity index (χ4v) is 3.97. The molecule has 0 spiro atoms. The smallest absolute Gasteiger partial charge is 0.226 e. The molecule has 2 aliphatic heterocycles. The first-order valence-electron chi connectivity index (χ1n) is 9.37. The number of imidazole rings is 1. The molecule has 3 aliphatic rings. The number of carbonyl (C=O) groups excluding carboxylic acids is 1. The van der Waals surface area contributed by atoms with Crippen molar-refractivity contribution < 1.29 is 9.53 Å². The van der Waals surface area contributed by atoms with E-state index >= 15 is 0 Å². The van der Waals surface area contributed by atoms with Crippen molar-refractivity contribution in [2.24, 2.45) is 5.92 Å². The minimum Gasteiger partial charge on any atom is -0.381 e. The summed E-state index contributed by atoms with van der Waals surface area (Å²) in [4.78, 5) is 19.4. The summed E-state index contributed by atoms with van der Waals surface area (Å²) in [6.45, 7) is 6.84. The van der Waals surface area contributed by atoms with E-state index < -0.39 is 0 Å². The third kappa shape index (κ3) is 3.49. The Bertz CT molecular complexity index is 590. The molecule has 24 heavy (non-hydrogen) atoms. The van der Waals surface area contributed by atoms with Crippen molar-refractivity contribution in [2.75, 3.05) is 26.3 Å². The highest BCUT2D eigenvalue weighted by Gasteiger charge is 2.32. The SMILES string of the molecule is C[C@H]1c2nc(CC(=O)NCC3CC3)cn2CCN1C1CCOCC1. The number of rotatable bonds is 5. The Hall–Kier alpha value is -1.40. The molecule has 1 saturated carbocycles. The number of amides is 1. The van der Waals surface area contributed by atoms with Crippen molar-refractivity contribution in [2.45, 2.75) is 57.7 Å². The summed E-state index contributed by atoms with van der Waals surface area (Å²) in [5, 5.41) is 3.03. The third-order valence-electron chi connectivity index (χ3n) is 5.61. The number of carbonyl (C=O) groups is 1. The van der Waals surface area contributed by atoms with Crippen LogP contribution in [0.5, 0.6) is 0 Å². The van der Waals surface area contributed by atoms with Gasteiger partial charge in [0.2, 0.25) is 5.91 Å². The summed E-state index contributed by atoms with van der Waals surface area (Å²) in [6, 6.07) is 0.912. The lowest BCUT2D eigenvalue weighted by Gasteiger charge is -2.41. The van der Waals surface area contributed by atoms with Crippen LogP contribution in [-0.2, 0) is 22.5 Å². The molecule has 3 heterocycles. The maximum Gasteiger partial charge on any atom is 0.226 e. The molecule has 6 nitrogen and oxygen atoms in total. The summed E-state index contributed by atoms with van der Waals surface area (Å²) in [5.74, 6) is 1.93. The number of nitrogens with one attached hydrogen (secondary N) is 1. The normalized spacial score (nSPS) is 25.5. The lowest BCUT2D eigenvalue weighted by molar-refractivity contribution is -0.120. The van der Waals surface area contributed by atoms with Crippen molar-refractivity contribution >= 4 is 5.91 Å². The van der Waals surface area contributed by atoms with Gasteiger partial charge in [-0.3, -0.25) is 9.69 Å². The second kappa shape index (κ2) is 6.84. The summed E-state index contributed by atoms with van der Waals surface area (Å²) in [5.41, 5.74) is 0.902. The maximum absolute atomic E-state index is 12.1. The lowest BCUT2D eigenvalue weighted by atomic mass is 10.0. The van der Waals surface area contributed by atoms with Crippen LogP contribution in [-0.4, -0.2) is 52.7 Å². The molecular weight excluding hydrogens is 304 g/mol. The lowest BCUT2D eigenvalue weighted by Crippen LogP contribution is -2.45. The molecule has 1 aliphatic carbocycles. The van der Waals surface area contributed by atoms with Gasteiger partial charge in [0.25, 0.3) is 0 Å². The molecule has 4 rings (SSSR count). The van der Waals surface area contributed by atoms with Gasteiger partial charge in [0.15, 0.2) is 0 Å². The fraction of sp³-hybridized carbons (Fsp3) is 0.778. The van der Waals surface area contributed by atoms with E-state index in [0.717, 1.165) is 63.1 Å². The van der Waals surface area contributed by atoms with Gasteiger partial charge in [-0.05, 0) is 38.5 Å². The largest absolute Gasteiger partial charge is 0.381 e. The van der Waals surface area contributed by atoms with Crippen LogP contribution in [0, 0.1) is 5.92 Å². The molecule has 0 aromatic carbocycles. The number of hydrogen-bond acceptors (Lipinski definition) is 4. The fourth-order valence-electron chi connectivity index (χ4n) is 3.97. The molecule has 0 unspecified atom stereocenters. The Morgan fingerprint density at radius 2 is 2.08 bits per heavy atom. The topological polar surface area (TPSA) is 59.4 Å². The summed E-state index contributed by atoms with van der Waals surface area (Å²) in [7, 11) is 0. The first-order valence-corrected chi connectivity index (χ1v) is 9.37. The van der Waals surface area contributed by atoms with Gasteiger partial charge in [-0.15, -0.1) is 0 Å². The Balaban J connectivity index is 1.39. The van der Waals surface area contributed by atoms with Gasteiger partial charge in [-0.2, -0.15) is 0 Å². The molecule has 1 N–H and O–H groups in total. The quantitative estimate of drug-likeness (QED) is 0.888. The van der Waals surface area contributed by atoms with Crippen LogP contribution in [0.1, 0.15) is 50.2 Å². The molecule has 1 aromatic rings. The van der Waals surface area contributed by atoms with Crippen molar-refractivity contribution in [3.05, 3.63) is 17.7 Å². The standard InChI is InChI=1S/C18H28N4O2/c1-13-18-20-15(10-17(23)19-11-14-2-3-14)12-21(18)6-7-22(13)16-4-8-24-9-5-16/h12-14,16H,2-11H2,1H3,(H,19,23)/t13-/m0/s1. The Morgan fingerprint density at radius 3 is 2.83 bits per heavy atom. The van der Waals surface area contributed by atoms with Gasteiger partial charge in [0.05, 0.1) is 18.2 Å². The van der Waals surface area contributed by atoms with Crippen LogP contribution in [0.25, 0.3) is 0 Å². The molecule has 6 heteroatoms. The first kappa shape index (κ1) is 16.1. The number of ether oxygens (including phenoxy) is 1. The monoisotopic (exact) mass is 332 g/mol. The zero-order valence-electron chi connectivity index (χ0n) is 14.5. The van der Waals surface area contributed by atoms with E-state index in [2.05, 4.69) is 27.9 Å². The van der Waals surface area contributed by atoms with E-state index in [9.17, 15) is 4.79 Å². The number of aromatic nitrogens is 2. The van der Waals surface area contributed by atoms with E-state index in [4.69, 9.17) is 9.72 Å². The van der Waals surface area contributed by atoms with Crippen molar-refractivity contribution in [1.29, 1.82) is 0 Å². The zero-order chi connectivity index (χ0) is 16.5. The Morgan fingerprint density at radius 1 is 1.29 bits per heavy atom. The first-order chi connectivity index (χ1) is 11.7. The van der Waals surface area contributed by atoms with Gasteiger partial charge in [0, 0.05) is 45.1 Å². The molecular formula is C18H28N4O2. The van der Waals surface area contributed by atoms with E-state index in [1.165, 1.54) is 12.8 Å². The van der Waals surface area contributed by atoms with Gasteiger partial charge in [-0.1, -0.05) is 0 Å². The van der Waals surface area contributed by atoms with Gasteiger partial charge in [-0.25, -0.2) is 4.98 Å². The summed E-state index contributed by atoms with van der Waals surface area (Å²) in [6.07, 6.45) is 7.22. The highest BCUT2D eigenvalue weighted by Crippen LogP contribution is 2.30. The molecule has 1 amide bonds. The Kier molecular flexibility index (Phi) is 4.59. The minimum absolute atomic E-state index is 0.103. The molecule has 1 aromatic heterocycles. The number of fused-ring (bicyclic) bond motifs is 1. The van der Waals surface area contributed by atoms with E-state index in [1.54, 1.807) is 0 Å². The predicted octanol–water partition coefficient (Wildman–Crippen LogP) is 1.51. The van der Waals surface area contributed by atoms with Crippen molar-refractivity contribution in [1.82, 2.24) is 19.8 Å². The maximum atomic E-state index is 12.1. The van der Waals surface area contributed by atoms with E-state index in [1.807, 2.05) is 0 Å². The number of nitrogens with zero attached hydrogens (tertiary/aromatic N) is 3. The molecule has 0 bridgehead atoms. The average molecular weight is 332 g/mol. The molecule has 1 atom stereocenters. The van der Waals surface area contributed by atoms with Crippen LogP contribution >= 0.6 is 0 Å². The number of hydrogen-bond donors (Lipinski definition) is 1. The third-order valence-corrected chi connectivity index (χ3v) is 5.61. The van der Waals surface area contributed by atoms with Crippen molar-refractivity contribution in [3.63, 3.8) is 0 Å². The highest BCUT2D eigenvalue weighted by atomic mass is 16.5. The summed E-state index contributed by atoms with van der Waals surface area (Å²) < 4.78 is 7.74. The van der Waals surface area contributed by atoms with Crippen LogP contribution in [0.4, 0.5) is 0 Å². The summed E-state index contributed by atoms with van der Waals surface area (Å²) >= 11 is 0.